The molecule has 1 unspecified atom stereocenters. The van der Waals surface area contributed by atoms with E-state index in [1.807, 2.05) is 48.5 Å². The molecule has 0 amide bonds. The number of aromatic nitrogens is 3. The van der Waals surface area contributed by atoms with Gasteiger partial charge in [0.1, 0.15) is 12.0 Å². The van der Waals surface area contributed by atoms with Gasteiger partial charge in [-0.2, -0.15) is 5.10 Å². The van der Waals surface area contributed by atoms with Gasteiger partial charge in [-0.15, -0.1) is 0 Å². The molecule has 4 aromatic rings. The number of rotatable bonds is 3. The molecule has 1 aliphatic heterocycles. The molecule has 0 saturated carbocycles. The van der Waals surface area contributed by atoms with E-state index in [0.29, 0.717) is 18.7 Å². The highest BCUT2D eigenvalue weighted by atomic mass is 19.1. The molecule has 6 heteroatoms. The van der Waals surface area contributed by atoms with Crippen molar-refractivity contribution in [2.24, 2.45) is 7.05 Å². The van der Waals surface area contributed by atoms with Crippen molar-refractivity contribution in [3.05, 3.63) is 83.6 Å². The lowest BCUT2D eigenvalue weighted by molar-refractivity contribution is 0.00695. The smallest absolute Gasteiger partial charge is 0.136 e. The van der Waals surface area contributed by atoms with Gasteiger partial charge in [0, 0.05) is 49.0 Å². The SMILES string of the molecule is Cn1cc2cc(-c3ccc(CN4Cc5ncccc5C4O)c(F)c3)ccc2n1. The van der Waals surface area contributed by atoms with Gasteiger partial charge in [-0.3, -0.25) is 14.6 Å². The zero-order chi connectivity index (χ0) is 19.3. The van der Waals surface area contributed by atoms with Crippen LogP contribution in [0.5, 0.6) is 0 Å². The molecule has 140 valence electrons. The second-order valence-electron chi connectivity index (χ2n) is 7.20. The Morgan fingerprint density at radius 2 is 1.96 bits per heavy atom. The maximum atomic E-state index is 14.8. The molecule has 0 spiro atoms. The summed E-state index contributed by atoms with van der Waals surface area (Å²) in [5, 5.41) is 15.9. The van der Waals surface area contributed by atoms with Gasteiger partial charge in [0.05, 0.1) is 11.2 Å². The second-order valence-corrected chi connectivity index (χ2v) is 7.20. The van der Waals surface area contributed by atoms with Crippen LogP contribution in [-0.4, -0.2) is 24.8 Å². The van der Waals surface area contributed by atoms with E-state index in [1.165, 1.54) is 0 Å². The van der Waals surface area contributed by atoms with Crippen LogP contribution in [0.25, 0.3) is 22.0 Å². The van der Waals surface area contributed by atoms with Crippen LogP contribution in [0.3, 0.4) is 0 Å². The van der Waals surface area contributed by atoms with Crippen LogP contribution >= 0.6 is 0 Å². The number of aryl methyl sites for hydroxylation is 1. The quantitative estimate of drug-likeness (QED) is 0.593. The molecule has 3 heterocycles. The minimum Gasteiger partial charge on any atom is -0.374 e. The van der Waals surface area contributed by atoms with Crippen molar-refractivity contribution < 1.29 is 9.50 Å². The van der Waals surface area contributed by atoms with E-state index in [4.69, 9.17) is 0 Å². The van der Waals surface area contributed by atoms with Gasteiger partial charge in [-0.25, -0.2) is 4.39 Å². The number of aliphatic hydroxyl groups is 1. The van der Waals surface area contributed by atoms with Crippen molar-refractivity contribution in [3.8, 4) is 11.1 Å². The van der Waals surface area contributed by atoms with E-state index in [-0.39, 0.29) is 5.82 Å². The van der Waals surface area contributed by atoms with Gasteiger partial charge >= 0.3 is 0 Å². The minimum absolute atomic E-state index is 0.278. The minimum atomic E-state index is -0.754. The molecule has 0 radical (unpaired) electrons. The molecule has 5 nitrogen and oxygen atoms in total. The van der Waals surface area contributed by atoms with Crippen LogP contribution in [-0.2, 0) is 20.1 Å². The highest BCUT2D eigenvalue weighted by molar-refractivity contribution is 5.84. The molecule has 0 saturated heterocycles. The van der Waals surface area contributed by atoms with Crippen LogP contribution < -0.4 is 0 Å². The third-order valence-corrected chi connectivity index (χ3v) is 5.28. The van der Waals surface area contributed by atoms with Gasteiger partial charge in [0.25, 0.3) is 0 Å². The molecular weight excluding hydrogens is 355 g/mol. The zero-order valence-electron chi connectivity index (χ0n) is 15.4. The van der Waals surface area contributed by atoms with Crippen LogP contribution in [0, 0.1) is 5.82 Å². The molecule has 2 aromatic heterocycles. The maximum absolute atomic E-state index is 14.8. The van der Waals surface area contributed by atoms with Gasteiger partial charge in [-0.05, 0) is 35.4 Å². The van der Waals surface area contributed by atoms with Crippen LogP contribution in [0.2, 0.25) is 0 Å². The molecule has 0 bridgehead atoms. The van der Waals surface area contributed by atoms with E-state index in [2.05, 4.69) is 10.1 Å². The monoisotopic (exact) mass is 374 g/mol. The largest absolute Gasteiger partial charge is 0.374 e. The first kappa shape index (κ1) is 17.0. The molecule has 0 fully saturated rings. The van der Waals surface area contributed by atoms with E-state index < -0.39 is 6.23 Å². The predicted molar refractivity (Wildman–Crippen MR) is 105 cm³/mol. The fourth-order valence-electron chi connectivity index (χ4n) is 3.84. The zero-order valence-corrected chi connectivity index (χ0v) is 15.4. The number of hydrogen-bond donors (Lipinski definition) is 1. The summed E-state index contributed by atoms with van der Waals surface area (Å²) in [4.78, 5) is 6.12. The topological polar surface area (TPSA) is 54.2 Å². The Morgan fingerprint density at radius 1 is 1.14 bits per heavy atom. The third kappa shape index (κ3) is 2.87. The fraction of sp³-hybridized carbons (Fsp3) is 0.182. The number of fused-ring (bicyclic) bond motifs is 2. The van der Waals surface area contributed by atoms with Crippen LogP contribution in [0.4, 0.5) is 4.39 Å². The Labute approximate surface area is 161 Å². The molecule has 1 aliphatic rings. The average molecular weight is 374 g/mol. The molecular formula is C22H19FN4O. The van der Waals surface area contributed by atoms with Crippen molar-refractivity contribution in [1.82, 2.24) is 19.7 Å². The summed E-state index contributed by atoms with van der Waals surface area (Å²) >= 11 is 0. The summed E-state index contributed by atoms with van der Waals surface area (Å²) < 4.78 is 16.6. The molecule has 5 rings (SSSR count). The average Bonchev–Trinajstić information content (AvgIpc) is 3.22. The van der Waals surface area contributed by atoms with Crippen LogP contribution in [0.15, 0.2) is 60.9 Å². The third-order valence-electron chi connectivity index (χ3n) is 5.28. The molecule has 0 aliphatic carbocycles. The maximum Gasteiger partial charge on any atom is 0.136 e. The number of halogens is 1. The number of pyridine rings is 1. The number of nitrogens with zero attached hydrogens (tertiary/aromatic N) is 4. The number of hydrogen-bond acceptors (Lipinski definition) is 4. The Morgan fingerprint density at radius 3 is 2.79 bits per heavy atom. The summed E-state index contributed by atoms with van der Waals surface area (Å²) in [6, 6.07) is 14.9. The Hall–Kier alpha value is -3.09. The standard InChI is InChI=1S/C22H19FN4O/c1-26-11-17-9-14(6-7-20(17)25-26)15-4-5-16(19(23)10-15)12-27-13-21-18(22(27)28)3-2-8-24-21/h2-11,22,28H,12-13H2,1H3. The summed E-state index contributed by atoms with van der Waals surface area (Å²) in [6.45, 7) is 0.835. The lowest BCUT2D eigenvalue weighted by Crippen LogP contribution is -2.22. The summed E-state index contributed by atoms with van der Waals surface area (Å²) in [6.07, 6.45) is 2.91. The lowest BCUT2D eigenvalue weighted by atomic mass is 10.0. The number of benzene rings is 2. The number of aliphatic hydroxyl groups excluding tert-OH is 1. The van der Waals surface area contributed by atoms with Crippen LogP contribution in [0.1, 0.15) is 23.0 Å². The van der Waals surface area contributed by atoms with Gasteiger partial charge in [0.2, 0.25) is 0 Å². The highest BCUT2D eigenvalue weighted by Gasteiger charge is 2.29. The summed E-state index contributed by atoms with van der Waals surface area (Å²) in [5.74, 6) is -0.278. The fourth-order valence-corrected chi connectivity index (χ4v) is 3.84. The van der Waals surface area contributed by atoms with Gasteiger partial charge < -0.3 is 5.11 Å². The first-order valence-corrected chi connectivity index (χ1v) is 9.16. The Balaban J connectivity index is 1.40. The Bertz CT molecular complexity index is 1190. The van der Waals surface area contributed by atoms with E-state index in [1.54, 1.807) is 29.1 Å². The summed E-state index contributed by atoms with van der Waals surface area (Å²) in [5.41, 5.74) is 4.88. The van der Waals surface area contributed by atoms with Crippen molar-refractivity contribution in [1.29, 1.82) is 0 Å². The van der Waals surface area contributed by atoms with Crippen molar-refractivity contribution in [3.63, 3.8) is 0 Å². The molecule has 1 N–H and O–H groups in total. The van der Waals surface area contributed by atoms with Gasteiger partial charge in [0.15, 0.2) is 0 Å². The lowest BCUT2D eigenvalue weighted by Gasteiger charge is -2.20. The molecule has 2 aromatic carbocycles. The van der Waals surface area contributed by atoms with E-state index >= 15 is 0 Å². The van der Waals surface area contributed by atoms with Crippen molar-refractivity contribution in [2.45, 2.75) is 19.3 Å². The van der Waals surface area contributed by atoms with Crippen molar-refractivity contribution in [2.75, 3.05) is 0 Å². The normalized spacial score (nSPS) is 16.6. The second kappa shape index (κ2) is 6.51. The van der Waals surface area contributed by atoms with Crippen molar-refractivity contribution >= 4 is 10.9 Å². The first-order chi connectivity index (χ1) is 13.6. The molecule has 28 heavy (non-hydrogen) atoms. The van der Waals surface area contributed by atoms with Gasteiger partial charge in [-0.1, -0.05) is 24.3 Å². The first-order valence-electron chi connectivity index (χ1n) is 9.16. The predicted octanol–water partition coefficient (Wildman–Crippen LogP) is 3.78. The van der Waals surface area contributed by atoms with E-state index in [0.717, 1.165) is 33.3 Å². The highest BCUT2D eigenvalue weighted by Crippen LogP contribution is 2.32. The summed E-state index contributed by atoms with van der Waals surface area (Å²) in [7, 11) is 1.88. The molecule has 1 atom stereocenters. The Kier molecular flexibility index (Phi) is 3.96. The van der Waals surface area contributed by atoms with E-state index in [9.17, 15) is 9.50 Å².